The molecule has 0 saturated carbocycles. The second kappa shape index (κ2) is 6.68. The second-order valence-electron chi connectivity index (χ2n) is 5.28. The summed E-state index contributed by atoms with van der Waals surface area (Å²) in [6, 6.07) is 11.5. The monoisotopic (exact) mass is 271 g/mol. The molecule has 0 amide bonds. The van der Waals surface area contributed by atoms with E-state index in [4.69, 9.17) is 4.74 Å². The van der Waals surface area contributed by atoms with Crippen molar-refractivity contribution in [2.75, 3.05) is 13.2 Å². The first-order chi connectivity index (χ1) is 9.92. The van der Waals surface area contributed by atoms with E-state index in [1.54, 1.807) is 0 Å². The van der Waals surface area contributed by atoms with Gasteiger partial charge < -0.3 is 14.6 Å². The molecule has 0 radical (unpaired) electrons. The molecule has 3 rings (SSSR count). The van der Waals surface area contributed by atoms with Gasteiger partial charge in [-0.05, 0) is 18.4 Å². The summed E-state index contributed by atoms with van der Waals surface area (Å²) in [6.45, 7) is 2.63. The van der Waals surface area contributed by atoms with Crippen LogP contribution >= 0.6 is 0 Å². The van der Waals surface area contributed by atoms with Crippen LogP contribution in [0.5, 0.6) is 0 Å². The molecule has 4 nitrogen and oxygen atoms in total. The predicted molar refractivity (Wildman–Crippen MR) is 78.4 cm³/mol. The average Bonchev–Trinajstić information content (AvgIpc) is 3.02. The molecule has 0 spiro atoms. The van der Waals surface area contributed by atoms with Crippen LogP contribution in [0.15, 0.2) is 49.1 Å². The second-order valence-corrected chi connectivity index (χ2v) is 5.28. The molecule has 1 atom stereocenters. The van der Waals surface area contributed by atoms with Crippen molar-refractivity contribution in [3.63, 3.8) is 0 Å². The van der Waals surface area contributed by atoms with Crippen LogP contribution in [-0.2, 0) is 11.3 Å². The van der Waals surface area contributed by atoms with E-state index >= 15 is 0 Å². The van der Waals surface area contributed by atoms with E-state index in [9.17, 15) is 0 Å². The minimum Gasteiger partial charge on any atom is -0.381 e. The van der Waals surface area contributed by atoms with Crippen molar-refractivity contribution in [1.29, 1.82) is 0 Å². The van der Waals surface area contributed by atoms with Gasteiger partial charge in [0.25, 0.3) is 0 Å². The zero-order valence-electron chi connectivity index (χ0n) is 11.6. The molecule has 1 aliphatic rings. The summed E-state index contributed by atoms with van der Waals surface area (Å²) in [6.07, 6.45) is 7.90. The smallest absolute Gasteiger partial charge is 0.0946 e. The summed E-state index contributed by atoms with van der Waals surface area (Å²) < 4.78 is 7.57. The number of rotatable bonds is 5. The van der Waals surface area contributed by atoms with Gasteiger partial charge in [-0.3, -0.25) is 0 Å². The van der Waals surface area contributed by atoms with Crippen molar-refractivity contribution in [3.8, 4) is 0 Å². The van der Waals surface area contributed by atoms with Gasteiger partial charge in [0.1, 0.15) is 0 Å². The van der Waals surface area contributed by atoms with Crippen LogP contribution in [0.4, 0.5) is 0 Å². The molecule has 4 heteroatoms. The summed E-state index contributed by atoms with van der Waals surface area (Å²) in [5.41, 5.74) is 1.33. The van der Waals surface area contributed by atoms with Gasteiger partial charge >= 0.3 is 0 Å². The van der Waals surface area contributed by atoms with Crippen molar-refractivity contribution in [1.82, 2.24) is 14.9 Å². The number of ether oxygens (including phenoxy) is 1. The van der Waals surface area contributed by atoms with Crippen LogP contribution in [0.3, 0.4) is 0 Å². The van der Waals surface area contributed by atoms with Gasteiger partial charge in [0.2, 0.25) is 0 Å². The van der Waals surface area contributed by atoms with Gasteiger partial charge in [0.15, 0.2) is 0 Å². The highest BCUT2D eigenvalue weighted by molar-refractivity contribution is 5.19. The minimum absolute atomic E-state index is 0.313. The van der Waals surface area contributed by atoms with Crippen LogP contribution < -0.4 is 5.32 Å². The maximum atomic E-state index is 5.44. The Morgan fingerprint density at radius 2 is 2.05 bits per heavy atom. The van der Waals surface area contributed by atoms with Crippen molar-refractivity contribution in [2.24, 2.45) is 0 Å². The summed E-state index contributed by atoms with van der Waals surface area (Å²) in [5.74, 6) is 0. The molecule has 1 unspecified atom stereocenters. The van der Waals surface area contributed by atoms with Crippen molar-refractivity contribution >= 4 is 0 Å². The van der Waals surface area contributed by atoms with Crippen LogP contribution in [0, 0.1) is 0 Å². The van der Waals surface area contributed by atoms with E-state index in [0.29, 0.717) is 12.1 Å². The van der Waals surface area contributed by atoms with E-state index < -0.39 is 0 Å². The summed E-state index contributed by atoms with van der Waals surface area (Å²) in [4.78, 5) is 4.13. The number of benzene rings is 1. The van der Waals surface area contributed by atoms with E-state index in [2.05, 4.69) is 45.2 Å². The fourth-order valence-electron chi connectivity index (χ4n) is 2.69. The van der Waals surface area contributed by atoms with Crippen molar-refractivity contribution < 1.29 is 4.74 Å². The molecule has 0 bridgehead atoms. The Kier molecular flexibility index (Phi) is 4.46. The zero-order valence-corrected chi connectivity index (χ0v) is 11.6. The lowest BCUT2D eigenvalue weighted by Crippen LogP contribution is -2.38. The lowest BCUT2D eigenvalue weighted by atomic mass is 10.0. The largest absolute Gasteiger partial charge is 0.381 e. The molecule has 2 heterocycles. The highest BCUT2D eigenvalue weighted by Gasteiger charge is 2.19. The van der Waals surface area contributed by atoms with Gasteiger partial charge in [-0.15, -0.1) is 0 Å². The third-order valence-electron chi connectivity index (χ3n) is 3.81. The number of nitrogens with zero attached hydrogens (tertiary/aromatic N) is 2. The highest BCUT2D eigenvalue weighted by atomic mass is 16.5. The maximum absolute atomic E-state index is 5.44. The third-order valence-corrected chi connectivity index (χ3v) is 3.81. The van der Waals surface area contributed by atoms with Crippen molar-refractivity contribution in [2.45, 2.75) is 31.5 Å². The van der Waals surface area contributed by atoms with Crippen LogP contribution in [0.25, 0.3) is 0 Å². The topological polar surface area (TPSA) is 39.1 Å². The molecule has 2 aromatic rings. The summed E-state index contributed by atoms with van der Waals surface area (Å²) >= 11 is 0. The Bertz CT molecular complexity index is 492. The average molecular weight is 271 g/mol. The van der Waals surface area contributed by atoms with Crippen LogP contribution in [-0.4, -0.2) is 28.8 Å². The molecule has 106 valence electrons. The fourth-order valence-corrected chi connectivity index (χ4v) is 2.69. The first-order valence-corrected chi connectivity index (χ1v) is 7.26. The number of imidazole rings is 1. The third kappa shape index (κ3) is 3.46. The standard InChI is InChI=1S/C16H21N3O/c1-2-4-14(5-3-1)16(12-19-9-8-17-13-19)18-15-6-10-20-11-7-15/h1-5,8-9,13,15-16,18H,6-7,10-12H2. The van der Waals surface area contributed by atoms with Crippen molar-refractivity contribution in [3.05, 3.63) is 54.6 Å². The Hall–Kier alpha value is -1.65. The Morgan fingerprint density at radius 1 is 1.25 bits per heavy atom. The van der Waals surface area contributed by atoms with Gasteiger partial charge in [-0.1, -0.05) is 30.3 Å². The number of hydrogen-bond donors (Lipinski definition) is 1. The molecule has 1 aliphatic heterocycles. The normalized spacial score (nSPS) is 18.0. The van der Waals surface area contributed by atoms with Gasteiger partial charge in [0, 0.05) is 38.2 Å². The molecular formula is C16H21N3O. The minimum atomic E-state index is 0.313. The van der Waals surface area contributed by atoms with Gasteiger partial charge in [-0.25, -0.2) is 4.98 Å². The quantitative estimate of drug-likeness (QED) is 0.907. The summed E-state index contributed by atoms with van der Waals surface area (Å²) in [7, 11) is 0. The molecular weight excluding hydrogens is 250 g/mol. The first-order valence-electron chi connectivity index (χ1n) is 7.26. The van der Waals surface area contributed by atoms with E-state index in [0.717, 1.165) is 32.6 Å². The number of nitrogens with one attached hydrogen (secondary N) is 1. The molecule has 20 heavy (non-hydrogen) atoms. The van der Waals surface area contributed by atoms with Gasteiger partial charge in [-0.2, -0.15) is 0 Å². The maximum Gasteiger partial charge on any atom is 0.0946 e. The molecule has 1 N–H and O–H groups in total. The van der Waals surface area contributed by atoms with E-state index in [-0.39, 0.29) is 0 Å². The lowest BCUT2D eigenvalue weighted by molar-refractivity contribution is 0.0741. The summed E-state index contributed by atoms with van der Waals surface area (Å²) in [5, 5.41) is 3.78. The van der Waals surface area contributed by atoms with E-state index in [1.165, 1.54) is 5.56 Å². The highest BCUT2D eigenvalue weighted by Crippen LogP contribution is 2.18. The fraction of sp³-hybridized carbons (Fsp3) is 0.438. The van der Waals surface area contributed by atoms with Crippen LogP contribution in [0.2, 0.25) is 0 Å². The molecule has 1 aromatic heterocycles. The Morgan fingerprint density at radius 3 is 2.75 bits per heavy atom. The number of aromatic nitrogens is 2. The number of hydrogen-bond acceptors (Lipinski definition) is 3. The molecule has 1 aromatic carbocycles. The molecule has 1 saturated heterocycles. The van der Waals surface area contributed by atoms with Gasteiger partial charge in [0.05, 0.1) is 12.4 Å². The zero-order chi connectivity index (χ0) is 13.6. The lowest BCUT2D eigenvalue weighted by Gasteiger charge is -2.29. The Labute approximate surface area is 119 Å². The first kappa shape index (κ1) is 13.3. The molecule has 1 fully saturated rings. The molecule has 0 aliphatic carbocycles. The SMILES string of the molecule is c1ccc(C(Cn2ccnc2)NC2CCOCC2)cc1. The predicted octanol–water partition coefficient (Wildman–Crippen LogP) is 2.39. The van der Waals surface area contributed by atoms with Crippen LogP contribution in [0.1, 0.15) is 24.4 Å². The van der Waals surface area contributed by atoms with E-state index in [1.807, 2.05) is 18.7 Å². The Balaban J connectivity index is 1.72.